The predicted molar refractivity (Wildman–Crippen MR) is 70.4 cm³/mol. The normalized spacial score (nSPS) is 33.9. The van der Waals surface area contributed by atoms with Gasteiger partial charge in [0.15, 0.2) is 0 Å². The summed E-state index contributed by atoms with van der Waals surface area (Å²) in [5.74, 6) is 0. The Balaban J connectivity index is 1.86. The Kier molecular flexibility index (Phi) is 5.22. The third kappa shape index (κ3) is 3.41. The Morgan fingerprint density at radius 1 is 1.24 bits per heavy atom. The standard InChI is InChI=1S/C13H27N3O/c1-3-9-17-11-12(14-4-2)13-10-15-5-7-16(13)8-6-15/h12-14H,3-11H2,1-2H3. The molecule has 3 rings (SSSR count). The molecule has 2 bridgehead atoms. The van der Waals surface area contributed by atoms with Crippen molar-refractivity contribution in [2.75, 3.05) is 52.5 Å². The lowest BCUT2D eigenvalue weighted by atomic mass is 10.0. The summed E-state index contributed by atoms with van der Waals surface area (Å²) in [7, 11) is 0. The predicted octanol–water partition coefficient (Wildman–Crippen LogP) is 0.391. The van der Waals surface area contributed by atoms with Gasteiger partial charge in [0.05, 0.1) is 6.61 Å². The number of likely N-dealkylation sites (N-methyl/N-ethyl adjacent to an activating group) is 1. The molecule has 0 aromatic carbocycles. The maximum absolute atomic E-state index is 5.75. The van der Waals surface area contributed by atoms with Crippen LogP contribution < -0.4 is 5.32 Å². The number of hydrogen-bond acceptors (Lipinski definition) is 4. The second kappa shape index (κ2) is 6.69. The molecule has 0 aliphatic carbocycles. The molecule has 3 aliphatic heterocycles. The summed E-state index contributed by atoms with van der Waals surface area (Å²) in [6, 6.07) is 1.14. The van der Waals surface area contributed by atoms with Gasteiger partial charge in [-0.15, -0.1) is 0 Å². The van der Waals surface area contributed by atoms with Gasteiger partial charge >= 0.3 is 0 Å². The van der Waals surface area contributed by atoms with Gasteiger partial charge in [-0.1, -0.05) is 13.8 Å². The first kappa shape index (κ1) is 13.3. The van der Waals surface area contributed by atoms with Gasteiger partial charge in [-0.05, 0) is 13.0 Å². The molecule has 0 radical (unpaired) electrons. The first-order valence-electron chi connectivity index (χ1n) is 7.12. The molecular formula is C13H27N3O. The summed E-state index contributed by atoms with van der Waals surface area (Å²) in [5.41, 5.74) is 0. The van der Waals surface area contributed by atoms with E-state index < -0.39 is 0 Å². The quantitative estimate of drug-likeness (QED) is 0.653. The van der Waals surface area contributed by atoms with E-state index in [-0.39, 0.29) is 0 Å². The first-order chi connectivity index (χ1) is 8.35. The fraction of sp³-hybridized carbons (Fsp3) is 1.00. The molecule has 3 heterocycles. The van der Waals surface area contributed by atoms with E-state index >= 15 is 0 Å². The van der Waals surface area contributed by atoms with Gasteiger partial charge in [-0.2, -0.15) is 0 Å². The molecule has 17 heavy (non-hydrogen) atoms. The molecule has 3 fully saturated rings. The highest BCUT2D eigenvalue weighted by Crippen LogP contribution is 2.18. The average molecular weight is 241 g/mol. The molecule has 100 valence electrons. The largest absolute Gasteiger partial charge is 0.380 e. The van der Waals surface area contributed by atoms with Gasteiger partial charge in [-0.3, -0.25) is 9.80 Å². The lowest BCUT2D eigenvalue weighted by Crippen LogP contribution is -2.67. The highest BCUT2D eigenvalue weighted by molar-refractivity contribution is 4.94. The van der Waals surface area contributed by atoms with Crippen molar-refractivity contribution in [1.82, 2.24) is 15.1 Å². The number of nitrogens with one attached hydrogen (secondary N) is 1. The van der Waals surface area contributed by atoms with Crippen molar-refractivity contribution in [3.8, 4) is 0 Å². The minimum Gasteiger partial charge on any atom is -0.380 e. The summed E-state index contributed by atoms with van der Waals surface area (Å²) in [6.45, 7) is 13.3. The van der Waals surface area contributed by atoms with Crippen LogP contribution in [-0.4, -0.2) is 74.4 Å². The monoisotopic (exact) mass is 241 g/mol. The number of hydrogen-bond donors (Lipinski definition) is 1. The number of fused-ring (bicyclic) bond motifs is 3. The van der Waals surface area contributed by atoms with Crippen molar-refractivity contribution in [2.45, 2.75) is 32.4 Å². The lowest BCUT2D eigenvalue weighted by molar-refractivity contribution is -0.0210. The molecule has 1 N–H and O–H groups in total. The maximum atomic E-state index is 5.75. The average Bonchev–Trinajstić information content (AvgIpc) is 2.39. The molecule has 4 nitrogen and oxygen atoms in total. The third-order valence-electron chi connectivity index (χ3n) is 3.90. The van der Waals surface area contributed by atoms with E-state index in [4.69, 9.17) is 4.74 Å². The molecule has 2 atom stereocenters. The summed E-state index contributed by atoms with van der Waals surface area (Å²) in [4.78, 5) is 5.23. The fourth-order valence-corrected chi connectivity index (χ4v) is 2.96. The van der Waals surface area contributed by atoms with Gasteiger partial charge in [-0.25, -0.2) is 0 Å². The van der Waals surface area contributed by atoms with Crippen LogP contribution in [0.1, 0.15) is 20.3 Å². The van der Waals surface area contributed by atoms with Gasteiger partial charge in [0, 0.05) is 51.4 Å². The van der Waals surface area contributed by atoms with E-state index in [0.29, 0.717) is 12.1 Å². The fourth-order valence-electron chi connectivity index (χ4n) is 2.96. The molecular weight excluding hydrogens is 214 g/mol. The summed E-state index contributed by atoms with van der Waals surface area (Å²) in [5, 5.41) is 3.60. The molecule has 3 saturated heterocycles. The summed E-state index contributed by atoms with van der Waals surface area (Å²) < 4.78 is 5.75. The van der Waals surface area contributed by atoms with Gasteiger partial charge in [0.1, 0.15) is 0 Å². The van der Waals surface area contributed by atoms with Crippen LogP contribution in [0.3, 0.4) is 0 Å². The molecule has 0 aromatic heterocycles. The minimum absolute atomic E-state index is 0.495. The lowest BCUT2D eigenvalue weighted by Gasteiger charge is -2.50. The molecule has 4 heteroatoms. The molecule has 0 spiro atoms. The minimum atomic E-state index is 0.495. The maximum Gasteiger partial charge on any atom is 0.0635 e. The van der Waals surface area contributed by atoms with Gasteiger partial charge in [0.25, 0.3) is 0 Å². The van der Waals surface area contributed by atoms with Crippen LogP contribution in [-0.2, 0) is 4.74 Å². The summed E-state index contributed by atoms with van der Waals surface area (Å²) in [6.07, 6.45) is 1.11. The Morgan fingerprint density at radius 2 is 2.00 bits per heavy atom. The third-order valence-corrected chi connectivity index (χ3v) is 3.90. The Morgan fingerprint density at radius 3 is 2.53 bits per heavy atom. The van der Waals surface area contributed by atoms with E-state index in [9.17, 15) is 0 Å². The SMILES string of the molecule is CCCOCC(NCC)C1CN2CCN1CC2. The Hall–Kier alpha value is -0.160. The zero-order valence-electron chi connectivity index (χ0n) is 11.3. The van der Waals surface area contributed by atoms with Crippen molar-refractivity contribution < 1.29 is 4.74 Å². The van der Waals surface area contributed by atoms with E-state index in [1.807, 2.05) is 0 Å². The second-order valence-corrected chi connectivity index (χ2v) is 5.14. The zero-order chi connectivity index (χ0) is 12.1. The van der Waals surface area contributed by atoms with E-state index in [2.05, 4.69) is 29.0 Å². The molecule has 0 saturated carbocycles. The molecule has 2 unspecified atom stereocenters. The van der Waals surface area contributed by atoms with Crippen molar-refractivity contribution >= 4 is 0 Å². The van der Waals surface area contributed by atoms with Gasteiger partial charge < -0.3 is 10.1 Å². The van der Waals surface area contributed by atoms with Crippen molar-refractivity contribution in [3.05, 3.63) is 0 Å². The highest BCUT2D eigenvalue weighted by atomic mass is 16.5. The zero-order valence-corrected chi connectivity index (χ0v) is 11.3. The molecule has 3 aliphatic rings. The van der Waals surface area contributed by atoms with E-state index in [0.717, 1.165) is 26.2 Å². The first-order valence-corrected chi connectivity index (χ1v) is 7.12. The van der Waals surface area contributed by atoms with Crippen LogP contribution in [0.15, 0.2) is 0 Å². The number of rotatable bonds is 7. The van der Waals surface area contributed by atoms with Crippen LogP contribution >= 0.6 is 0 Å². The van der Waals surface area contributed by atoms with Crippen LogP contribution in [0, 0.1) is 0 Å². The summed E-state index contributed by atoms with van der Waals surface area (Å²) >= 11 is 0. The number of nitrogens with zero attached hydrogens (tertiary/aromatic N) is 2. The highest BCUT2D eigenvalue weighted by Gasteiger charge is 2.36. The number of ether oxygens (including phenoxy) is 1. The van der Waals surface area contributed by atoms with Crippen LogP contribution in [0.4, 0.5) is 0 Å². The van der Waals surface area contributed by atoms with Crippen LogP contribution in [0.5, 0.6) is 0 Å². The number of piperazine rings is 3. The Bertz CT molecular complexity index is 217. The van der Waals surface area contributed by atoms with Crippen molar-refractivity contribution in [3.63, 3.8) is 0 Å². The van der Waals surface area contributed by atoms with E-state index in [1.54, 1.807) is 0 Å². The Labute approximate surface area is 105 Å². The second-order valence-electron chi connectivity index (χ2n) is 5.14. The topological polar surface area (TPSA) is 27.7 Å². The van der Waals surface area contributed by atoms with Crippen molar-refractivity contribution in [2.24, 2.45) is 0 Å². The van der Waals surface area contributed by atoms with Crippen LogP contribution in [0.25, 0.3) is 0 Å². The molecule has 0 aromatic rings. The smallest absolute Gasteiger partial charge is 0.0635 e. The van der Waals surface area contributed by atoms with Crippen molar-refractivity contribution in [1.29, 1.82) is 0 Å². The van der Waals surface area contributed by atoms with Crippen LogP contribution in [0.2, 0.25) is 0 Å². The molecule has 0 amide bonds. The van der Waals surface area contributed by atoms with E-state index in [1.165, 1.54) is 32.7 Å². The van der Waals surface area contributed by atoms with Gasteiger partial charge in [0.2, 0.25) is 0 Å².